The second-order valence-corrected chi connectivity index (χ2v) is 4.52. The summed E-state index contributed by atoms with van der Waals surface area (Å²) in [4.78, 5) is 4.33. The van der Waals surface area contributed by atoms with Crippen molar-refractivity contribution in [1.82, 2.24) is 4.98 Å². The van der Waals surface area contributed by atoms with E-state index in [1.807, 2.05) is 5.38 Å². The van der Waals surface area contributed by atoms with Crippen LogP contribution in [0.5, 0.6) is 0 Å². The number of nitrogens with one attached hydrogen (secondary N) is 1. The maximum absolute atomic E-state index is 9.46. The highest BCUT2D eigenvalue weighted by Gasteiger charge is 2.12. The van der Waals surface area contributed by atoms with Crippen molar-refractivity contribution >= 4 is 16.5 Å². The van der Waals surface area contributed by atoms with Crippen LogP contribution in [0.25, 0.3) is 0 Å². The molecule has 0 aliphatic carbocycles. The van der Waals surface area contributed by atoms with Crippen LogP contribution in [0, 0.1) is 0 Å². The summed E-state index contributed by atoms with van der Waals surface area (Å²) < 4.78 is 0. The van der Waals surface area contributed by atoms with E-state index in [9.17, 15) is 5.11 Å². The van der Waals surface area contributed by atoms with E-state index in [2.05, 4.69) is 17.2 Å². The normalized spacial score (nSPS) is 11.7. The van der Waals surface area contributed by atoms with Crippen LogP contribution in [-0.2, 0) is 6.42 Å². The number of aromatic nitrogens is 1. The maximum atomic E-state index is 9.46. The minimum atomic E-state index is -0.682. The van der Waals surface area contributed by atoms with E-state index in [0.29, 0.717) is 6.54 Å². The van der Waals surface area contributed by atoms with Crippen molar-refractivity contribution in [3.63, 3.8) is 0 Å². The molecule has 1 rings (SSSR count). The fraction of sp³-hybridized carbons (Fsp3) is 0.667. The molecule has 0 unspecified atom stereocenters. The van der Waals surface area contributed by atoms with Gasteiger partial charge in [-0.05, 0) is 20.3 Å². The Labute approximate surface area is 82.8 Å². The van der Waals surface area contributed by atoms with Gasteiger partial charge in [-0.3, -0.25) is 0 Å². The van der Waals surface area contributed by atoms with Crippen LogP contribution in [0.4, 0.5) is 5.13 Å². The fourth-order valence-electron chi connectivity index (χ4n) is 0.842. The second-order valence-electron chi connectivity index (χ2n) is 3.66. The van der Waals surface area contributed by atoms with Crippen molar-refractivity contribution in [1.29, 1.82) is 0 Å². The van der Waals surface area contributed by atoms with Gasteiger partial charge in [-0.25, -0.2) is 4.98 Å². The molecular weight excluding hydrogens is 184 g/mol. The first kappa shape index (κ1) is 10.5. The zero-order valence-electron chi connectivity index (χ0n) is 8.29. The molecular formula is C9H16N2OS. The molecule has 0 radical (unpaired) electrons. The lowest BCUT2D eigenvalue weighted by atomic mass is 10.1. The van der Waals surface area contributed by atoms with Gasteiger partial charge in [-0.15, -0.1) is 11.3 Å². The zero-order valence-corrected chi connectivity index (χ0v) is 9.11. The molecule has 3 nitrogen and oxygen atoms in total. The Kier molecular flexibility index (Phi) is 3.27. The zero-order chi connectivity index (χ0) is 9.90. The first-order chi connectivity index (χ1) is 6.01. The van der Waals surface area contributed by atoms with Gasteiger partial charge in [0.15, 0.2) is 5.13 Å². The molecule has 2 N–H and O–H groups in total. The fourth-order valence-corrected chi connectivity index (χ4v) is 1.63. The molecule has 0 bridgehead atoms. The third-order valence-electron chi connectivity index (χ3n) is 1.59. The van der Waals surface area contributed by atoms with Crippen LogP contribution >= 0.6 is 11.3 Å². The van der Waals surface area contributed by atoms with E-state index in [1.165, 1.54) is 0 Å². The number of hydrogen-bond donors (Lipinski definition) is 2. The summed E-state index contributed by atoms with van der Waals surface area (Å²) in [6, 6.07) is 0. The van der Waals surface area contributed by atoms with Gasteiger partial charge in [0.1, 0.15) is 0 Å². The topological polar surface area (TPSA) is 45.1 Å². The number of rotatable bonds is 4. The lowest BCUT2D eigenvalue weighted by Gasteiger charge is -2.16. The quantitative estimate of drug-likeness (QED) is 0.780. The van der Waals surface area contributed by atoms with Gasteiger partial charge in [-0.2, -0.15) is 0 Å². The number of thiazole rings is 1. The molecule has 74 valence electrons. The molecule has 0 amide bonds. The predicted octanol–water partition coefficient (Wildman–Crippen LogP) is 1.89. The standard InChI is InChI=1S/C9H16N2OS/c1-4-7-5-13-8(11-7)10-6-9(2,3)12/h5,12H,4,6H2,1-3H3,(H,10,11). The summed E-state index contributed by atoms with van der Waals surface area (Å²) in [5.74, 6) is 0. The minimum Gasteiger partial charge on any atom is -0.389 e. The van der Waals surface area contributed by atoms with Gasteiger partial charge in [0, 0.05) is 11.9 Å². The monoisotopic (exact) mass is 200 g/mol. The second kappa shape index (κ2) is 4.07. The molecule has 0 atom stereocenters. The van der Waals surface area contributed by atoms with E-state index in [-0.39, 0.29) is 0 Å². The van der Waals surface area contributed by atoms with E-state index >= 15 is 0 Å². The Balaban J connectivity index is 2.46. The predicted molar refractivity (Wildman–Crippen MR) is 56.3 cm³/mol. The first-order valence-electron chi connectivity index (χ1n) is 4.42. The summed E-state index contributed by atoms with van der Waals surface area (Å²) in [7, 11) is 0. The first-order valence-corrected chi connectivity index (χ1v) is 5.30. The molecule has 1 aromatic heterocycles. The number of nitrogens with zero attached hydrogens (tertiary/aromatic N) is 1. The number of aliphatic hydroxyl groups is 1. The van der Waals surface area contributed by atoms with Crippen LogP contribution in [-0.4, -0.2) is 22.2 Å². The molecule has 1 aromatic rings. The third kappa shape index (κ3) is 3.74. The van der Waals surface area contributed by atoms with E-state index in [1.54, 1.807) is 25.2 Å². The molecule has 0 saturated carbocycles. The molecule has 4 heteroatoms. The Morgan fingerprint density at radius 1 is 1.62 bits per heavy atom. The highest BCUT2D eigenvalue weighted by Crippen LogP contribution is 2.16. The van der Waals surface area contributed by atoms with Crippen LogP contribution in [0.15, 0.2) is 5.38 Å². The average molecular weight is 200 g/mol. The molecule has 0 aliphatic heterocycles. The highest BCUT2D eigenvalue weighted by molar-refractivity contribution is 7.13. The van der Waals surface area contributed by atoms with Crippen LogP contribution in [0.3, 0.4) is 0 Å². The van der Waals surface area contributed by atoms with Crippen molar-refractivity contribution in [3.05, 3.63) is 11.1 Å². The Bertz CT molecular complexity index is 265. The summed E-state index contributed by atoms with van der Waals surface area (Å²) in [5.41, 5.74) is 0.418. The average Bonchev–Trinajstić information content (AvgIpc) is 2.47. The van der Waals surface area contributed by atoms with Crippen LogP contribution in [0.1, 0.15) is 26.5 Å². The summed E-state index contributed by atoms with van der Waals surface area (Å²) in [6.07, 6.45) is 0.959. The summed E-state index contributed by atoms with van der Waals surface area (Å²) in [5, 5.41) is 15.5. The lowest BCUT2D eigenvalue weighted by Crippen LogP contribution is -2.29. The van der Waals surface area contributed by atoms with Crippen molar-refractivity contribution in [3.8, 4) is 0 Å². The third-order valence-corrected chi connectivity index (χ3v) is 2.44. The van der Waals surface area contributed by atoms with E-state index in [0.717, 1.165) is 17.2 Å². The molecule has 0 aliphatic rings. The highest BCUT2D eigenvalue weighted by atomic mass is 32.1. The Morgan fingerprint density at radius 2 is 2.31 bits per heavy atom. The van der Waals surface area contributed by atoms with Crippen molar-refractivity contribution in [2.75, 3.05) is 11.9 Å². The van der Waals surface area contributed by atoms with E-state index in [4.69, 9.17) is 0 Å². The number of aryl methyl sites for hydroxylation is 1. The number of hydrogen-bond acceptors (Lipinski definition) is 4. The molecule has 0 saturated heterocycles. The summed E-state index contributed by atoms with van der Waals surface area (Å²) >= 11 is 1.58. The van der Waals surface area contributed by atoms with Gasteiger partial charge in [-0.1, -0.05) is 6.92 Å². The maximum Gasteiger partial charge on any atom is 0.182 e. The van der Waals surface area contributed by atoms with E-state index < -0.39 is 5.60 Å². The van der Waals surface area contributed by atoms with Crippen LogP contribution in [0.2, 0.25) is 0 Å². The minimum absolute atomic E-state index is 0.531. The van der Waals surface area contributed by atoms with Gasteiger partial charge in [0.05, 0.1) is 11.3 Å². The molecule has 1 heterocycles. The van der Waals surface area contributed by atoms with Crippen molar-refractivity contribution in [2.45, 2.75) is 32.8 Å². The smallest absolute Gasteiger partial charge is 0.182 e. The van der Waals surface area contributed by atoms with Gasteiger partial charge in [0.2, 0.25) is 0 Å². The Hall–Kier alpha value is -0.610. The largest absolute Gasteiger partial charge is 0.389 e. The molecule has 0 fully saturated rings. The summed E-state index contributed by atoms with van der Waals surface area (Å²) in [6.45, 7) is 6.15. The van der Waals surface area contributed by atoms with Gasteiger partial charge >= 0.3 is 0 Å². The van der Waals surface area contributed by atoms with Crippen molar-refractivity contribution < 1.29 is 5.11 Å². The van der Waals surface area contributed by atoms with Gasteiger partial charge < -0.3 is 10.4 Å². The number of anilines is 1. The van der Waals surface area contributed by atoms with Gasteiger partial charge in [0.25, 0.3) is 0 Å². The molecule has 0 aromatic carbocycles. The lowest BCUT2D eigenvalue weighted by molar-refractivity contribution is 0.0945. The SMILES string of the molecule is CCc1csc(NCC(C)(C)O)n1. The molecule has 0 spiro atoms. The van der Waals surface area contributed by atoms with Crippen LogP contribution < -0.4 is 5.32 Å². The Morgan fingerprint density at radius 3 is 2.77 bits per heavy atom. The molecule has 13 heavy (non-hydrogen) atoms. The van der Waals surface area contributed by atoms with Crippen molar-refractivity contribution in [2.24, 2.45) is 0 Å².